The van der Waals surface area contributed by atoms with Crippen LogP contribution in [-0.2, 0) is 4.79 Å². The Kier molecular flexibility index (Phi) is 6.01. The van der Waals surface area contributed by atoms with Crippen LogP contribution in [0.4, 0.5) is 0 Å². The lowest BCUT2D eigenvalue weighted by atomic mass is 9.81. The molecule has 0 spiro atoms. The summed E-state index contributed by atoms with van der Waals surface area (Å²) >= 11 is 0. The predicted molar refractivity (Wildman–Crippen MR) is 106 cm³/mol. The van der Waals surface area contributed by atoms with E-state index in [2.05, 4.69) is 48.6 Å². The molecule has 3 N–H and O–H groups in total. The first-order valence-corrected chi connectivity index (χ1v) is 8.86. The minimum atomic E-state index is -0.893. The Bertz CT molecular complexity index is 843. The van der Waals surface area contributed by atoms with E-state index in [1.54, 1.807) is 0 Å². The Morgan fingerprint density at radius 3 is 1.67 bits per heavy atom. The molecule has 0 radical (unpaired) electrons. The summed E-state index contributed by atoms with van der Waals surface area (Å²) in [6, 6.07) is 16.4. The quantitative estimate of drug-likeness (QED) is 0.727. The van der Waals surface area contributed by atoms with E-state index in [-0.39, 0.29) is 25.0 Å². The van der Waals surface area contributed by atoms with Crippen LogP contribution in [0.5, 0.6) is 0 Å². The van der Waals surface area contributed by atoms with E-state index in [4.69, 9.17) is 10.2 Å². The van der Waals surface area contributed by atoms with Gasteiger partial charge in [-0.2, -0.15) is 0 Å². The third-order valence-electron chi connectivity index (χ3n) is 4.71. The molecule has 4 rings (SSSR count). The summed E-state index contributed by atoms with van der Waals surface area (Å²) < 4.78 is 0. The number of rotatable bonds is 4. The number of allylic oxidation sites excluding steroid dienone is 3. The molecule has 0 heterocycles. The van der Waals surface area contributed by atoms with Gasteiger partial charge < -0.3 is 15.3 Å². The molecule has 4 nitrogen and oxygen atoms in total. The van der Waals surface area contributed by atoms with E-state index < -0.39 is 5.97 Å². The first-order valence-electron chi connectivity index (χ1n) is 8.86. The van der Waals surface area contributed by atoms with Gasteiger partial charge in [-0.1, -0.05) is 72.8 Å². The molecule has 4 heteroatoms. The van der Waals surface area contributed by atoms with Crippen molar-refractivity contribution in [1.82, 2.24) is 0 Å². The lowest BCUT2D eigenvalue weighted by molar-refractivity contribution is -0.131. The van der Waals surface area contributed by atoms with Crippen molar-refractivity contribution in [1.29, 1.82) is 0 Å². The molecule has 138 valence electrons. The zero-order valence-corrected chi connectivity index (χ0v) is 14.8. The van der Waals surface area contributed by atoms with Gasteiger partial charge in [0.25, 0.3) is 0 Å². The first kappa shape index (κ1) is 18.8. The summed E-state index contributed by atoms with van der Waals surface area (Å²) in [7, 11) is 0. The molecule has 2 aromatic rings. The van der Waals surface area contributed by atoms with Gasteiger partial charge in [-0.15, -0.1) is 0 Å². The number of aliphatic hydroxyl groups excluding tert-OH is 2. The van der Waals surface area contributed by atoms with Crippen LogP contribution in [0.15, 0.2) is 72.3 Å². The number of hydrogen-bond acceptors (Lipinski definition) is 3. The second-order valence-corrected chi connectivity index (χ2v) is 6.36. The van der Waals surface area contributed by atoms with Gasteiger partial charge in [0.05, 0.1) is 13.2 Å². The van der Waals surface area contributed by atoms with Gasteiger partial charge in [-0.3, -0.25) is 0 Å². The van der Waals surface area contributed by atoms with Crippen molar-refractivity contribution in [2.24, 2.45) is 0 Å². The van der Waals surface area contributed by atoms with Gasteiger partial charge in [0.2, 0.25) is 0 Å². The van der Waals surface area contributed by atoms with Gasteiger partial charge in [0, 0.05) is 17.9 Å². The van der Waals surface area contributed by atoms with E-state index in [1.807, 2.05) is 24.3 Å². The summed E-state index contributed by atoms with van der Waals surface area (Å²) in [5, 5.41) is 24.6. The third kappa shape index (κ3) is 4.08. The Balaban J connectivity index is 0.000000481. The number of carboxylic acids is 1. The molecule has 2 aliphatic carbocycles. The molecule has 2 atom stereocenters. The highest BCUT2D eigenvalue weighted by Gasteiger charge is 2.29. The van der Waals surface area contributed by atoms with Crippen LogP contribution in [0.2, 0.25) is 0 Å². The summed E-state index contributed by atoms with van der Waals surface area (Å²) in [5.74, 6) is -0.859. The van der Waals surface area contributed by atoms with Crippen LogP contribution >= 0.6 is 0 Å². The fraction of sp³-hybridized carbons (Fsp3) is 0.174. The number of carboxylic acid groups (broad SMARTS) is 1. The number of hydrogen-bond donors (Lipinski definition) is 3. The van der Waals surface area contributed by atoms with Gasteiger partial charge in [-0.05, 0) is 27.8 Å². The van der Waals surface area contributed by atoms with Crippen molar-refractivity contribution in [2.75, 3.05) is 13.2 Å². The zero-order valence-electron chi connectivity index (χ0n) is 14.8. The SMILES string of the molecule is O=C(O)C=C(C1C=Cc2ccccc21)C1C=Cc2ccccc21.OCCO. The lowest BCUT2D eigenvalue weighted by Gasteiger charge is -2.21. The average Bonchev–Trinajstić information content (AvgIpc) is 3.31. The number of carbonyl (C=O) groups is 1. The molecule has 2 aliphatic rings. The molecule has 0 amide bonds. The lowest BCUT2D eigenvalue weighted by Crippen LogP contribution is -2.08. The van der Waals surface area contributed by atoms with Crippen molar-refractivity contribution >= 4 is 18.1 Å². The number of fused-ring (bicyclic) bond motifs is 2. The Hall–Kier alpha value is -2.95. The normalized spacial score (nSPS) is 18.3. The molecule has 0 saturated heterocycles. The molecular weight excluding hydrogens is 340 g/mol. The van der Waals surface area contributed by atoms with Crippen LogP contribution in [0.3, 0.4) is 0 Å². The predicted octanol–water partition coefficient (Wildman–Crippen LogP) is 3.59. The number of aliphatic carboxylic acids is 1. The zero-order chi connectivity index (χ0) is 19.2. The molecule has 0 aromatic heterocycles. The van der Waals surface area contributed by atoms with Crippen molar-refractivity contribution in [2.45, 2.75) is 11.8 Å². The minimum Gasteiger partial charge on any atom is -0.478 e. The van der Waals surface area contributed by atoms with Gasteiger partial charge >= 0.3 is 5.97 Å². The standard InChI is InChI=1S/C21H16O2.C2H6O2/c22-21(23)13-20(18-11-9-14-5-1-3-7-16(14)18)19-12-10-15-6-2-4-8-17(15)19;3-1-2-4/h1-13,18-19H,(H,22,23);3-4H,1-2H2. The highest BCUT2D eigenvalue weighted by atomic mass is 16.4. The van der Waals surface area contributed by atoms with Crippen molar-refractivity contribution < 1.29 is 20.1 Å². The van der Waals surface area contributed by atoms with Gasteiger partial charge in [0.1, 0.15) is 0 Å². The Morgan fingerprint density at radius 2 is 1.26 bits per heavy atom. The Morgan fingerprint density at radius 1 is 0.815 bits per heavy atom. The summed E-state index contributed by atoms with van der Waals surface area (Å²) in [6.45, 7) is -0.250. The van der Waals surface area contributed by atoms with Crippen molar-refractivity contribution in [3.8, 4) is 0 Å². The molecular formula is C23H22O4. The molecule has 0 bridgehead atoms. The summed E-state index contributed by atoms with van der Waals surface area (Å²) in [4.78, 5) is 11.4. The van der Waals surface area contributed by atoms with Crippen LogP contribution in [0.1, 0.15) is 34.1 Å². The molecule has 0 fully saturated rings. The topological polar surface area (TPSA) is 77.8 Å². The van der Waals surface area contributed by atoms with Crippen LogP contribution in [-0.4, -0.2) is 34.5 Å². The third-order valence-corrected chi connectivity index (χ3v) is 4.71. The van der Waals surface area contributed by atoms with E-state index >= 15 is 0 Å². The first-order chi connectivity index (χ1) is 13.2. The molecule has 0 saturated carbocycles. The maximum atomic E-state index is 11.4. The average molecular weight is 362 g/mol. The highest BCUT2D eigenvalue weighted by molar-refractivity contribution is 5.83. The van der Waals surface area contributed by atoms with E-state index in [0.29, 0.717) is 0 Å². The van der Waals surface area contributed by atoms with E-state index in [1.165, 1.54) is 28.3 Å². The number of aliphatic hydroxyl groups is 2. The Labute approximate surface area is 158 Å². The van der Waals surface area contributed by atoms with E-state index in [9.17, 15) is 9.90 Å². The highest BCUT2D eigenvalue weighted by Crippen LogP contribution is 2.45. The fourth-order valence-electron chi connectivity index (χ4n) is 3.60. The number of benzene rings is 2. The van der Waals surface area contributed by atoms with Crippen molar-refractivity contribution in [3.05, 3.63) is 94.6 Å². The van der Waals surface area contributed by atoms with Gasteiger partial charge in [-0.25, -0.2) is 4.79 Å². The maximum absolute atomic E-state index is 11.4. The monoisotopic (exact) mass is 362 g/mol. The van der Waals surface area contributed by atoms with E-state index in [0.717, 1.165) is 5.57 Å². The summed E-state index contributed by atoms with van der Waals surface area (Å²) in [5.41, 5.74) is 5.61. The molecule has 2 unspecified atom stereocenters. The molecule has 2 aromatic carbocycles. The van der Waals surface area contributed by atoms with Crippen LogP contribution in [0.25, 0.3) is 12.2 Å². The van der Waals surface area contributed by atoms with Crippen LogP contribution in [0, 0.1) is 0 Å². The molecule has 27 heavy (non-hydrogen) atoms. The smallest absolute Gasteiger partial charge is 0.328 e. The van der Waals surface area contributed by atoms with Gasteiger partial charge in [0.15, 0.2) is 0 Å². The van der Waals surface area contributed by atoms with Crippen LogP contribution < -0.4 is 0 Å². The fourth-order valence-corrected chi connectivity index (χ4v) is 3.60. The largest absolute Gasteiger partial charge is 0.478 e. The second kappa shape index (κ2) is 8.62. The van der Waals surface area contributed by atoms with Crippen molar-refractivity contribution in [3.63, 3.8) is 0 Å². The second-order valence-electron chi connectivity index (χ2n) is 6.36. The molecule has 0 aliphatic heterocycles. The maximum Gasteiger partial charge on any atom is 0.328 e. The minimum absolute atomic E-state index is 0.0168. The summed E-state index contributed by atoms with van der Waals surface area (Å²) in [6.07, 6.45) is 9.76.